The van der Waals surface area contributed by atoms with E-state index in [-0.39, 0.29) is 5.69 Å². The number of aryl methyl sites for hydroxylation is 1. The highest BCUT2D eigenvalue weighted by Crippen LogP contribution is 2.20. The van der Waals surface area contributed by atoms with E-state index in [9.17, 15) is 19.7 Å². The molecule has 3 rings (SSSR count). The molecule has 2 aromatic carbocycles. The largest absolute Gasteiger partial charge is 0.465 e. The molecule has 8 nitrogen and oxygen atoms in total. The van der Waals surface area contributed by atoms with E-state index in [4.69, 9.17) is 4.74 Å². The molecule has 0 spiro atoms. The van der Waals surface area contributed by atoms with E-state index < -0.39 is 16.8 Å². The highest BCUT2D eigenvalue weighted by molar-refractivity contribution is 7.16. The molecule has 1 aromatic heterocycles. The summed E-state index contributed by atoms with van der Waals surface area (Å²) in [7, 11) is 1.32. The van der Waals surface area contributed by atoms with Crippen molar-refractivity contribution in [1.82, 2.24) is 4.57 Å². The summed E-state index contributed by atoms with van der Waals surface area (Å²) in [5.74, 6) is -0.920. The number of nitro benzene ring substituents is 1. The zero-order chi connectivity index (χ0) is 21.0. The number of rotatable bonds is 5. The third-order valence-corrected chi connectivity index (χ3v) is 5.17. The van der Waals surface area contributed by atoms with E-state index in [1.807, 2.05) is 11.5 Å². The molecule has 29 heavy (non-hydrogen) atoms. The van der Waals surface area contributed by atoms with Crippen LogP contribution < -0.4 is 4.80 Å². The summed E-state index contributed by atoms with van der Waals surface area (Å²) in [5.41, 5.74) is 1.77. The summed E-state index contributed by atoms with van der Waals surface area (Å²) in [5, 5.41) is 10.8. The van der Waals surface area contributed by atoms with Crippen molar-refractivity contribution < 1.29 is 19.2 Å². The van der Waals surface area contributed by atoms with Crippen molar-refractivity contribution >= 4 is 45.2 Å². The van der Waals surface area contributed by atoms with Gasteiger partial charge in [-0.1, -0.05) is 23.5 Å². The Balaban J connectivity index is 1.94. The third kappa shape index (κ3) is 4.46. The number of ether oxygens (including phenoxy) is 1. The Morgan fingerprint density at radius 2 is 2.07 bits per heavy atom. The van der Waals surface area contributed by atoms with Crippen LogP contribution in [-0.2, 0) is 16.1 Å². The molecule has 0 saturated carbocycles. The third-order valence-electron chi connectivity index (χ3n) is 4.13. The molecule has 1 heterocycles. The number of non-ortho nitro benzene ring substituents is 1. The fraction of sp³-hybridized carbons (Fsp3) is 0.150. The summed E-state index contributed by atoms with van der Waals surface area (Å²) >= 11 is 1.29. The Kier molecular flexibility index (Phi) is 5.99. The van der Waals surface area contributed by atoms with Gasteiger partial charge in [0.2, 0.25) is 0 Å². The van der Waals surface area contributed by atoms with Gasteiger partial charge in [-0.05, 0) is 36.8 Å². The summed E-state index contributed by atoms with van der Waals surface area (Å²) < 4.78 is 7.42. The van der Waals surface area contributed by atoms with Crippen molar-refractivity contribution in [3.05, 3.63) is 74.6 Å². The van der Waals surface area contributed by atoms with Crippen molar-refractivity contribution in [3.63, 3.8) is 0 Å². The Morgan fingerprint density at radius 1 is 1.28 bits per heavy atom. The lowest BCUT2D eigenvalue weighted by Gasteiger charge is -2.01. The molecule has 0 atom stereocenters. The number of hydrogen-bond donors (Lipinski definition) is 0. The van der Waals surface area contributed by atoms with Crippen molar-refractivity contribution in [2.24, 2.45) is 4.99 Å². The molecule has 0 radical (unpaired) electrons. The molecule has 3 aromatic rings. The molecule has 0 aliphatic heterocycles. The summed E-state index contributed by atoms with van der Waals surface area (Å²) in [4.78, 5) is 39.0. The number of aromatic nitrogens is 1. The predicted molar refractivity (Wildman–Crippen MR) is 110 cm³/mol. The number of fused-ring (bicyclic) bond motifs is 1. The fourth-order valence-corrected chi connectivity index (χ4v) is 3.89. The Morgan fingerprint density at radius 3 is 2.76 bits per heavy atom. The first-order valence-corrected chi connectivity index (χ1v) is 9.47. The minimum atomic E-state index is -0.493. The van der Waals surface area contributed by atoms with Crippen LogP contribution in [0, 0.1) is 10.1 Å². The Bertz CT molecular complexity index is 1210. The van der Waals surface area contributed by atoms with Gasteiger partial charge in [0.25, 0.3) is 11.6 Å². The number of hydrogen-bond acceptors (Lipinski definition) is 6. The topological polar surface area (TPSA) is 104 Å². The average molecular weight is 411 g/mol. The standard InChI is InChI=1S/C20H17N3O5S/c1-3-22-16-9-8-14(19(25)28-2)12-17(16)29-20(22)21-18(24)10-7-13-5-4-6-15(11-13)23(26)27/h4-12H,3H2,1-2H3/b10-7+,21-20?. The van der Waals surface area contributed by atoms with Gasteiger partial charge < -0.3 is 9.30 Å². The van der Waals surface area contributed by atoms with Gasteiger partial charge in [-0.25, -0.2) is 4.79 Å². The predicted octanol–water partition coefficient (Wildman–Crippen LogP) is 3.56. The monoisotopic (exact) mass is 411 g/mol. The molecule has 0 aliphatic rings. The van der Waals surface area contributed by atoms with Crippen LogP contribution in [0.2, 0.25) is 0 Å². The number of amides is 1. The molecule has 0 fully saturated rings. The van der Waals surface area contributed by atoms with Gasteiger partial charge in [0.1, 0.15) is 0 Å². The number of nitrogens with zero attached hydrogens (tertiary/aromatic N) is 3. The van der Waals surface area contributed by atoms with Crippen LogP contribution in [0.3, 0.4) is 0 Å². The molecule has 0 bridgehead atoms. The van der Waals surface area contributed by atoms with Crippen LogP contribution in [0.1, 0.15) is 22.8 Å². The van der Waals surface area contributed by atoms with E-state index in [0.29, 0.717) is 22.5 Å². The van der Waals surface area contributed by atoms with Crippen molar-refractivity contribution in [3.8, 4) is 0 Å². The lowest BCUT2D eigenvalue weighted by Crippen LogP contribution is -2.15. The molecule has 0 N–H and O–H groups in total. The van der Waals surface area contributed by atoms with Gasteiger partial charge in [0, 0.05) is 24.8 Å². The molecular weight excluding hydrogens is 394 g/mol. The first-order valence-electron chi connectivity index (χ1n) is 8.66. The smallest absolute Gasteiger partial charge is 0.337 e. The second kappa shape index (κ2) is 8.61. The normalized spacial score (nSPS) is 11.9. The number of carbonyl (C=O) groups is 2. The van der Waals surface area contributed by atoms with E-state index in [2.05, 4.69) is 4.99 Å². The average Bonchev–Trinajstić information content (AvgIpc) is 3.07. The first kappa shape index (κ1) is 20.2. The van der Waals surface area contributed by atoms with E-state index in [1.54, 1.807) is 30.3 Å². The van der Waals surface area contributed by atoms with Crippen LogP contribution in [0.15, 0.2) is 53.5 Å². The zero-order valence-electron chi connectivity index (χ0n) is 15.7. The highest BCUT2D eigenvalue weighted by atomic mass is 32.1. The maximum absolute atomic E-state index is 12.3. The van der Waals surface area contributed by atoms with E-state index >= 15 is 0 Å². The molecule has 0 saturated heterocycles. The van der Waals surface area contributed by atoms with E-state index in [0.717, 1.165) is 10.2 Å². The summed E-state index contributed by atoms with van der Waals surface area (Å²) in [6, 6.07) is 11.1. The number of thiazole rings is 1. The highest BCUT2D eigenvalue weighted by Gasteiger charge is 2.11. The van der Waals surface area contributed by atoms with Crippen molar-refractivity contribution in [2.75, 3.05) is 7.11 Å². The van der Waals surface area contributed by atoms with Gasteiger partial charge >= 0.3 is 5.97 Å². The molecule has 9 heteroatoms. The molecule has 0 unspecified atom stereocenters. The first-order chi connectivity index (χ1) is 13.9. The van der Waals surface area contributed by atoms with Gasteiger partial charge in [0.05, 0.1) is 27.8 Å². The molecule has 148 valence electrons. The number of nitro groups is 1. The van der Waals surface area contributed by atoms with Crippen LogP contribution in [0.5, 0.6) is 0 Å². The number of methoxy groups -OCH3 is 1. The lowest BCUT2D eigenvalue weighted by molar-refractivity contribution is -0.384. The van der Waals surface area contributed by atoms with E-state index in [1.165, 1.54) is 42.7 Å². The lowest BCUT2D eigenvalue weighted by atomic mass is 10.2. The number of benzene rings is 2. The number of esters is 1. The molecule has 1 amide bonds. The second-order valence-electron chi connectivity index (χ2n) is 5.94. The van der Waals surface area contributed by atoms with Gasteiger partial charge in [-0.2, -0.15) is 4.99 Å². The minimum absolute atomic E-state index is 0.0497. The quantitative estimate of drug-likeness (QED) is 0.276. The van der Waals surface area contributed by atoms with Crippen LogP contribution >= 0.6 is 11.3 Å². The number of carbonyl (C=O) groups excluding carboxylic acids is 2. The Hall–Kier alpha value is -3.59. The maximum atomic E-state index is 12.3. The SMILES string of the molecule is CCn1c(=NC(=O)/C=C/c2cccc([N+](=O)[O-])c2)sc2cc(C(=O)OC)ccc21. The minimum Gasteiger partial charge on any atom is -0.465 e. The van der Waals surface area contributed by atoms with Crippen LogP contribution in [0.4, 0.5) is 5.69 Å². The molecule has 0 aliphatic carbocycles. The maximum Gasteiger partial charge on any atom is 0.337 e. The van der Waals surface area contributed by atoms with Crippen molar-refractivity contribution in [1.29, 1.82) is 0 Å². The van der Waals surface area contributed by atoms with Gasteiger partial charge in [-0.15, -0.1) is 0 Å². The van der Waals surface area contributed by atoms with Gasteiger partial charge in [-0.3, -0.25) is 14.9 Å². The van der Waals surface area contributed by atoms with Crippen LogP contribution in [0.25, 0.3) is 16.3 Å². The zero-order valence-corrected chi connectivity index (χ0v) is 16.5. The van der Waals surface area contributed by atoms with Crippen LogP contribution in [-0.4, -0.2) is 28.5 Å². The second-order valence-corrected chi connectivity index (χ2v) is 6.95. The molecular formula is C20H17N3O5S. The van der Waals surface area contributed by atoms with Crippen molar-refractivity contribution in [2.45, 2.75) is 13.5 Å². The van der Waals surface area contributed by atoms with Gasteiger partial charge in [0.15, 0.2) is 4.80 Å². The summed E-state index contributed by atoms with van der Waals surface area (Å²) in [6.45, 7) is 2.53. The summed E-state index contributed by atoms with van der Waals surface area (Å²) in [6.07, 6.45) is 2.75. The fourth-order valence-electron chi connectivity index (χ4n) is 2.75. The Labute approximate surface area is 169 Å².